The number of hydrogen-bond donors (Lipinski definition) is 2. The molecule has 0 aliphatic carbocycles. The summed E-state index contributed by atoms with van der Waals surface area (Å²) in [5, 5.41) is 4.49. The third kappa shape index (κ3) is 2.62. The summed E-state index contributed by atoms with van der Waals surface area (Å²) in [6.07, 6.45) is 0. The van der Waals surface area contributed by atoms with Crippen molar-refractivity contribution in [3.63, 3.8) is 0 Å². The van der Waals surface area contributed by atoms with Crippen LogP contribution in [0.5, 0.6) is 0 Å². The van der Waals surface area contributed by atoms with E-state index >= 15 is 0 Å². The predicted octanol–water partition coefficient (Wildman–Crippen LogP) is 1.55. The highest BCUT2D eigenvalue weighted by Crippen LogP contribution is 2.18. The molecule has 1 fully saturated rings. The molecule has 4 heteroatoms. The summed E-state index contributed by atoms with van der Waals surface area (Å²) in [7, 11) is 0. The maximum Gasteiger partial charge on any atom is 0.252 e. The van der Waals surface area contributed by atoms with Crippen molar-refractivity contribution in [1.29, 1.82) is 0 Å². The van der Waals surface area contributed by atoms with Gasteiger partial charge in [-0.1, -0.05) is 6.07 Å². The second-order valence-corrected chi connectivity index (χ2v) is 5.69. The van der Waals surface area contributed by atoms with Crippen LogP contribution in [0.1, 0.15) is 16.7 Å². The summed E-state index contributed by atoms with van der Waals surface area (Å²) in [4.78, 5) is 17.6. The lowest BCUT2D eigenvalue weighted by molar-refractivity contribution is 0.232. The van der Waals surface area contributed by atoms with Crippen LogP contribution in [0.4, 0.5) is 0 Å². The van der Waals surface area contributed by atoms with Crippen molar-refractivity contribution in [3.8, 4) is 0 Å². The van der Waals surface area contributed by atoms with Crippen LogP contribution in [0.25, 0.3) is 10.9 Å². The summed E-state index contributed by atoms with van der Waals surface area (Å²) in [6.45, 7) is 8.91. The Morgan fingerprint density at radius 1 is 1.15 bits per heavy atom. The topological polar surface area (TPSA) is 48.1 Å². The zero-order chi connectivity index (χ0) is 14.1. The van der Waals surface area contributed by atoms with Crippen molar-refractivity contribution in [1.82, 2.24) is 15.2 Å². The van der Waals surface area contributed by atoms with Crippen molar-refractivity contribution >= 4 is 10.9 Å². The normalized spacial score (nSPS) is 16.7. The van der Waals surface area contributed by atoms with Crippen LogP contribution < -0.4 is 10.9 Å². The average Bonchev–Trinajstić information content (AvgIpc) is 2.41. The summed E-state index contributed by atoms with van der Waals surface area (Å²) >= 11 is 0. The first kappa shape index (κ1) is 13.3. The maximum absolute atomic E-state index is 12.2. The van der Waals surface area contributed by atoms with E-state index in [9.17, 15) is 4.79 Å². The number of aryl methyl sites for hydroxylation is 2. The summed E-state index contributed by atoms with van der Waals surface area (Å²) in [5.74, 6) is 0. The van der Waals surface area contributed by atoms with Gasteiger partial charge in [0.1, 0.15) is 0 Å². The van der Waals surface area contributed by atoms with E-state index in [2.05, 4.69) is 41.2 Å². The summed E-state index contributed by atoms with van der Waals surface area (Å²) < 4.78 is 0. The molecule has 3 rings (SSSR count). The highest BCUT2D eigenvalue weighted by molar-refractivity contribution is 5.83. The second kappa shape index (κ2) is 5.38. The fraction of sp³-hybridized carbons (Fsp3) is 0.438. The molecule has 1 aromatic carbocycles. The molecule has 1 saturated heterocycles. The molecule has 0 amide bonds. The van der Waals surface area contributed by atoms with Crippen LogP contribution >= 0.6 is 0 Å². The molecule has 1 aliphatic heterocycles. The number of rotatable bonds is 2. The standard InChI is InChI=1S/C16H21N3O/c1-11-7-12(2)14-9-13(16(20)18-15(14)8-11)10-19-5-3-17-4-6-19/h7-9,17H,3-6,10H2,1-2H3,(H,18,20). The molecule has 0 bridgehead atoms. The fourth-order valence-corrected chi connectivity index (χ4v) is 2.94. The summed E-state index contributed by atoms with van der Waals surface area (Å²) in [5.41, 5.74) is 4.25. The van der Waals surface area contributed by atoms with E-state index in [-0.39, 0.29) is 5.56 Å². The molecule has 0 atom stereocenters. The minimum atomic E-state index is 0.0426. The Hall–Kier alpha value is -1.65. The predicted molar refractivity (Wildman–Crippen MR) is 82.2 cm³/mol. The molecule has 4 nitrogen and oxygen atoms in total. The van der Waals surface area contributed by atoms with E-state index in [0.29, 0.717) is 0 Å². The Morgan fingerprint density at radius 2 is 1.90 bits per heavy atom. The van der Waals surface area contributed by atoms with Gasteiger partial charge in [-0.05, 0) is 37.1 Å². The van der Waals surface area contributed by atoms with Crippen LogP contribution in [0.2, 0.25) is 0 Å². The number of benzene rings is 1. The lowest BCUT2D eigenvalue weighted by atomic mass is 10.0. The number of piperazine rings is 1. The molecule has 20 heavy (non-hydrogen) atoms. The number of nitrogens with one attached hydrogen (secondary N) is 2. The van der Waals surface area contributed by atoms with E-state index in [1.165, 1.54) is 11.1 Å². The van der Waals surface area contributed by atoms with Gasteiger partial charge in [-0.25, -0.2) is 0 Å². The molecule has 106 valence electrons. The number of nitrogens with zero attached hydrogens (tertiary/aromatic N) is 1. The van der Waals surface area contributed by atoms with Gasteiger partial charge >= 0.3 is 0 Å². The first-order valence-electron chi connectivity index (χ1n) is 7.20. The van der Waals surface area contributed by atoms with Crippen LogP contribution in [-0.4, -0.2) is 36.1 Å². The Morgan fingerprint density at radius 3 is 2.65 bits per heavy atom. The minimum Gasteiger partial charge on any atom is -0.322 e. The van der Waals surface area contributed by atoms with Crippen molar-refractivity contribution < 1.29 is 0 Å². The molecule has 0 spiro atoms. The minimum absolute atomic E-state index is 0.0426. The molecular weight excluding hydrogens is 250 g/mol. The van der Waals surface area contributed by atoms with Gasteiger partial charge in [-0.2, -0.15) is 0 Å². The van der Waals surface area contributed by atoms with Gasteiger partial charge < -0.3 is 10.3 Å². The fourth-order valence-electron chi connectivity index (χ4n) is 2.94. The van der Waals surface area contributed by atoms with Gasteiger partial charge in [0.2, 0.25) is 0 Å². The van der Waals surface area contributed by atoms with E-state index in [0.717, 1.165) is 49.2 Å². The molecule has 1 aliphatic rings. The van der Waals surface area contributed by atoms with E-state index in [4.69, 9.17) is 0 Å². The number of aromatic nitrogens is 1. The molecular formula is C16H21N3O. The first-order valence-corrected chi connectivity index (χ1v) is 7.20. The Bertz CT molecular complexity index is 684. The number of aromatic amines is 1. The van der Waals surface area contributed by atoms with Crippen LogP contribution in [-0.2, 0) is 6.54 Å². The first-order chi connectivity index (χ1) is 9.63. The van der Waals surface area contributed by atoms with Crippen LogP contribution in [0, 0.1) is 13.8 Å². The van der Waals surface area contributed by atoms with Gasteiger partial charge in [0, 0.05) is 49.2 Å². The monoisotopic (exact) mass is 271 g/mol. The average molecular weight is 271 g/mol. The van der Waals surface area contributed by atoms with Crippen LogP contribution in [0.3, 0.4) is 0 Å². The number of hydrogen-bond acceptors (Lipinski definition) is 3. The zero-order valence-electron chi connectivity index (χ0n) is 12.1. The quantitative estimate of drug-likeness (QED) is 0.871. The number of fused-ring (bicyclic) bond motifs is 1. The molecule has 2 aromatic rings. The van der Waals surface area contributed by atoms with Gasteiger partial charge in [-0.3, -0.25) is 9.69 Å². The van der Waals surface area contributed by atoms with Gasteiger partial charge in [0.25, 0.3) is 5.56 Å². The van der Waals surface area contributed by atoms with Gasteiger partial charge in [0.05, 0.1) is 0 Å². The van der Waals surface area contributed by atoms with E-state index in [1.807, 2.05) is 6.07 Å². The number of pyridine rings is 1. The lowest BCUT2D eigenvalue weighted by Gasteiger charge is -2.26. The third-order valence-corrected chi connectivity index (χ3v) is 3.99. The highest BCUT2D eigenvalue weighted by Gasteiger charge is 2.13. The lowest BCUT2D eigenvalue weighted by Crippen LogP contribution is -2.43. The molecule has 0 saturated carbocycles. The maximum atomic E-state index is 12.2. The second-order valence-electron chi connectivity index (χ2n) is 5.69. The third-order valence-electron chi connectivity index (χ3n) is 3.99. The molecule has 1 aromatic heterocycles. The van der Waals surface area contributed by atoms with Crippen LogP contribution in [0.15, 0.2) is 23.0 Å². The Labute approximate surface area is 118 Å². The zero-order valence-corrected chi connectivity index (χ0v) is 12.1. The van der Waals surface area contributed by atoms with E-state index in [1.54, 1.807) is 0 Å². The smallest absolute Gasteiger partial charge is 0.252 e. The molecule has 0 unspecified atom stereocenters. The van der Waals surface area contributed by atoms with Gasteiger partial charge in [-0.15, -0.1) is 0 Å². The number of H-pyrrole nitrogens is 1. The SMILES string of the molecule is Cc1cc(C)c2cc(CN3CCNCC3)c(=O)[nH]c2c1. The highest BCUT2D eigenvalue weighted by atomic mass is 16.1. The molecule has 0 radical (unpaired) electrons. The Balaban J connectivity index is 1.98. The van der Waals surface area contributed by atoms with E-state index < -0.39 is 0 Å². The molecule has 2 N–H and O–H groups in total. The van der Waals surface area contributed by atoms with Crippen molar-refractivity contribution in [2.75, 3.05) is 26.2 Å². The van der Waals surface area contributed by atoms with Crippen molar-refractivity contribution in [2.24, 2.45) is 0 Å². The molecule has 2 heterocycles. The van der Waals surface area contributed by atoms with Crippen molar-refractivity contribution in [3.05, 3.63) is 45.2 Å². The van der Waals surface area contributed by atoms with Gasteiger partial charge in [0.15, 0.2) is 0 Å². The van der Waals surface area contributed by atoms with Crippen molar-refractivity contribution in [2.45, 2.75) is 20.4 Å². The Kier molecular flexibility index (Phi) is 3.59. The summed E-state index contributed by atoms with van der Waals surface area (Å²) in [6, 6.07) is 6.26. The largest absolute Gasteiger partial charge is 0.322 e.